The summed E-state index contributed by atoms with van der Waals surface area (Å²) in [5, 5.41) is 8.60. The summed E-state index contributed by atoms with van der Waals surface area (Å²) in [4.78, 5) is 0. The maximum atomic E-state index is 13.7. The Morgan fingerprint density at radius 1 is 1.36 bits per heavy atom. The van der Waals surface area contributed by atoms with Gasteiger partial charge in [0.15, 0.2) is 0 Å². The Balaban J connectivity index is 3.49. The molecule has 0 aliphatic heterocycles. The van der Waals surface area contributed by atoms with Crippen LogP contribution in [-0.2, 0) is 5.67 Å². The van der Waals surface area contributed by atoms with Crippen molar-refractivity contribution in [3.05, 3.63) is 34.6 Å². The number of halogens is 2. The fourth-order valence-corrected chi connectivity index (χ4v) is 1.42. The van der Waals surface area contributed by atoms with E-state index in [2.05, 4.69) is 0 Å². The molecule has 0 fully saturated rings. The van der Waals surface area contributed by atoms with Gasteiger partial charge in [-0.15, -0.1) is 0 Å². The van der Waals surface area contributed by atoms with Gasteiger partial charge in [0.2, 0.25) is 5.67 Å². The Morgan fingerprint density at radius 2 is 1.93 bits per heavy atom. The van der Waals surface area contributed by atoms with Gasteiger partial charge in [-0.2, -0.15) is 5.26 Å². The summed E-state index contributed by atoms with van der Waals surface area (Å²) in [6, 6.07) is 4.22. The molecule has 0 saturated carbocycles. The van der Waals surface area contributed by atoms with Gasteiger partial charge in [-0.3, -0.25) is 0 Å². The normalized spacial score (nSPS) is 14.6. The minimum Gasteiger partial charge on any atom is -0.222 e. The van der Waals surface area contributed by atoms with Crippen LogP contribution in [0.25, 0.3) is 0 Å². The monoisotopic (exact) mass is 195 g/mol. The van der Waals surface area contributed by atoms with Crippen LogP contribution in [0.2, 0.25) is 0 Å². The van der Waals surface area contributed by atoms with E-state index < -0.39 is 11.5 Å². The fraction of sp³-hybridized carbons (Fsp3) is 0.364. The molecule has 3 heteroatoms. The molecule has 1 atom stereocenters. The lowest BCUT2D eigenvalue weighted by Crippen LogP contribution is -2.16. The molecule has 0 aliphatic carbocycles. The minimum absolute atomic E-state index is 0.153. The zero-order chi connectivity index (χ0) is 10.9. The summed E-state index contributed by atoms with van der Waals surface area (Å²) >= 11 is 0. The zero-order valence-electron chi connectivity index (χ0n) is 8.36. The van der Waals surface area contributed by atoms with Gasteiger partial charge in [0, 0.05) is 5.56 Å². The number of alkyl halides is 1. The van der Waals surface area contributed by atoms with Crippen molar-refractivity contribution in [1.82, 2.24) is 0 Å². The van der Waals surface area contributed by atoms with E-state index in [0.717, 1.165) is 12.5 Å². The molecule has 0 radical (unpaired) electrons. The standard InChI is InChI=1S/C11H11F2N/c1-7-4-5-9(12)10(8(7)2)11(3,13)6-14/h4-5H,1-3H3. The second-order valence-corrected chi connectivity index (χ2v) is 3.48. The van der Waals surface area contributed by atoms with Gasteiger partial charge < -0.3 is 0 Å². The predicted molar refractivity (Wildman–Crippen MR) is 49.9 cm³/mol. The van der Waals surface area contributed by atoms with E-state index in [0.29, 0.717) is 5.56 Å². The highest BCUT2D eigenvalue weighted by molar-refractivity contribution is 5.40. The van der Waals surface area contributed by atoms with Crippen LogP contribution in [0.1, 0.15) is 23.6 Å². The number of rotatable bonds is 1. The Morgan fingerprint density at radius 3 is 2.43 bits per heavy atom. The molecule has 0 aromatic heterocycles. The number of nitrogens with zero attached hydrogens (tertiary/aromatic N) is 1. The van der Waals surface area contributed by atoms with Crippen molar-refractivity contribution in [2.75, 3.05) is 0 Å². The zero-order valence-corrected chi connectivity index (χ0v) is 8.36. The summed E-state index contributed by atoms with van der Waals surface area (Å²) in [6.45, 7) is 4.44. The third kappa shape index (κ3) is 1.60. The van der Waals surface area contributed by atoms with Gasteiger partial charge in [0.25, 0.3) is 0 Å². The van der Waals surface area contributed by atoms with Gasteiger partial charge in [0.05, 0.1) is 0 Å². The SMILES string of the molecule is Cc1ccc(F)c(C(C)(F)C#N)c1C. The highest BCUT2D eigenvalue weighted by Crippen LogP contribution is 2.31. The van der Waals surface area contributed by atoms with E-state index >= 15 is 0 Å². The summed E-state index contributed by atoms with van der Waals surface area (Å²) in [5.41, 5.74) is -1.14. The topological polar surface area (TPSA) is 23.8 Å². The van der Waals surface area contributed by atoms with Crippen LogP contribution in [0.3, 0.4) is 0 Å². The number of hydrogen-bond acceptors (Lipinski definition) is 1. The molecule has 1 nitrogen and oxygen atoms in total. The van der Waals surface area contributed by atoms with E-state index in [1.807, 2.05) is 0 Å². The molecule has 0 bridgehead atoms. The van der Waals surface area contributed by atoms with Gasteiger partial charge in [-0.25, -0.2) is 8.78 Å². The van der Waals surface area contributed by atoms with Crippen molar-refractivity contribution < 1.29 is 8.78 Å². The predicted octanol–water partition coefficient (Wildman–Crippen LogP) is 3.15. The summed E-state index contributed by atoms with van der Waals surface area (Å²) in [6.07, 6.45) is 0. The average molecular weight is 195 g/mol. The maximum Gasteiger partial charge on any atom is 0.221 e. The van der Waals surface area contributed by atoms with E-state index in [-0.39, 0.29) is 5.56 Å². The number of aryl methyl sites for hydroxylation is 1. The maximum absolute atomic E-state index is 13.7. The Labute approximate surface area is 82.0 Å². The molecule has 74 valence electrons. The summed E-state index contributed by atoms with van der Waals surface area (Å²) < 4.78 is 27.0. The summed E-state index contributed by atoms with van der Waals surface area (Å²) in [7, 11) is 0. The lowest BCUT2D eigenvalue weighted by atomic mass is 9.92. The summed E-state index contributed by atoms with van der Waals surface area (Å²) in [5.74, 6) is -0.667. The largest absolute Gasteiger partial charge is 0.222 e. The molecular weight excluding hydrogens is 184 g/mol. The van der Waals surface area contributed by atoms with Crippen molar-refractivity contribution in [2.24, 2.45) is 0 Å². The lowest BCUT2D eigenvalue weighted by Gasteiger charge is -2.17. The van der Waals surface area contributed by atoms with Gasteiger partial charge in [-0.05, 0) is 38.0 Å². The number of hydrogen-bond donors (Lipinski definition) is 0. The van der Waals surface area contributed by atoms with Gasteiger partial charge in [-0.1, -0.05) is 6.07 Å². The Kier molecular flexibility index (Phi) is 2.57. The van der Waals surface area contributed by atoms with E-state index in [9.17, 15) is 8.78 Å². The van der Waals surface area contributed by atoms with Crippen molar-refractivity contribution in [3.8, 4) is 6.07 Å². The van der Waals surface area contributed by atoms with Crippen LogP contribution >= 0.6 is 0 Å². The molecule has 1 unspecified atom stereocenters. The number of nitriles is 1. The smallest absolute Gasteiger partial charge is 0.221 e. The second-order valence-electron chi connectivity index (χ2n) is 3.48. The molecule has 14 heavy (non-hydrogen) atoms. The first-order valence-corrected chi connectivity index (χ1v) is 4.26. The highest BCUT2D eigenvalue weighted by Gasteiger charge is 2.31. The van der Waals surface area contributed by atoms with E-state index in [4.69, 9.17) is 5.26 Å². The van der Waals surface area contributed by atoms with Crippen LogP contribution in [0.4, 0.5) is 8.78 Å². The number of benzene rings is 1. The second kappa shape index (κ2) is 3.38. The van der Waals surface area contributed by atoms with E-state index in [1.54, 1.807) is 19.9 Å². The first kappa shape index (κ1) is 10.6. The molecule has 0 N–H and O–H groups in total. The third-order valence-corrected chi connectivity index (χ3v) is 2.36. The molecule has 0 heterocycles. The average Bonchev–Trinajstić information content (AvgIpc) is 2.12. The van der Waals surface area contributed by atoms with Crippen molar-refractivity contribution >= 4 is 0 Å². The van der Waals surface area contributed by atoms with Crippen LogP contribution in [0.5, 0.6) is 0 Å². The van der Waals surface area contributed by atoms with Gasteiger partial charge >= 0.3 is 0 Å². The van der Waals surface area contributed by atoms with Crippen LogP contribution in [0, 0.1) is 31.0 Å². The molecule has 1 rings (SSSR count). The third-order valence-electron chi connectivity index (χ3n) is 2.36. The first-order valence-electron chi connectivity index (χ1n) is 4.26. The van der Waals surface area contributed by atoms with Crippen LogP contribution in [-0.4, -0.2) is 0 Å². The molecule has 1 aromatic carbocycles. The molecule has 0 saturated heterocycles. The lowest BCUT2D eigenvalue weighted by molar-refractivity contribution is 0.263. The van der Waals surface area contributed by atoms with Crippen molar-refractivity contribution in [1.29, 1.82) is 5.26 Å². The van der Waals surface area contributed by atoms with Crippen LogP contribution in [0.15, 0.2) is 12.1 Å². The van der Waals surface area contributed by atoms with E-state index in [1.165, 1.54) is 12.1 Å². The van der Waals surface area contributed by atoms with Gasteiger partial charge in [0.1, 0.15) is 11.9 Å². The quantitative estimate of drug-likeness (QED) is 0.675. The van der Waals surface area contributed by atoms with Crippen LogP contribution < -0.4 is 0 Å². The Bertz CT molecular complexity index is 402. The molecular formula is C11H11F2N. The highest BCUT2D eigenvalue weighted by atomic mass is 19.1. The molecule has 0 spiro atoms. The molecule has 0 amide bonds. The fourth-order valence-electron chi connectivity index (χ4n) is 1.42. The Hall–Kier alpha value is -1.43. The van der Waals surface area contributed by atoms with Crippen molar-refractivity contribution in [3.63, 3.8) is 0 Å². The minimum atomic E-state index is -2.26. The first-order chi connectivity index (χ1) is 6.40. The van der Waals surface area contributed by atoms with Crippen molar-refractivity contribution in [2.45, 2.75) is 26.4 Å². The molecule has 0 aliphatic rings. The molecule has 1 aromatic rings.